The molecule has 6 nitrogen and oxygen atoms in total. The predicted octanol–water partition coefficient (Wildman–Crippen LogP) is 3.81. The number of carbonyl (C=O) groups excluding carboxylic acids is 1. The molecule has 0 saturated carbocycles. The summed E-state index contributed by atoms with van der Waals surface area (Å²) in [7, 11) is -3.72. The van der Waals surface area contributed by atoms with Crippen LogP contribution in [0.15, 0.2) is 77.0 Å². The standard InChI is InChI=1S/C24H26N2O4S2/c27-23(18-6-2-1-3-7-18)19-11-13-26(14-12-19)24(28)20-8-4-10-22(16-20)32(29,30)25-17-21-9-5-15-31-21/h1-10,15-16,19,23,25,27H,11-14,17H2. The van der Waals surface area contributed by atoms with Crippen molar-refractivity contribution in [2.75, 3.05) is 13.1 Å². The Hall–Kier alpha value is -2.52. The normalized spacial score (nSPS) is 16.1. The predicted molar refractivity (Wildman–Crippen MR) is 125 cm³/mol. The maximum absolute atomic E-state index is 13.0. The highest BCUT2D eigenvalue weighted by Crippen LogP contribution is 2.31. The molecule has 2 aromatic carbocycles. The minimum absolute atomic E-state index is 0.0780. The van der Waals surface area contributed by atoms with E-state index in [2.05, 4.69) is 4.72 Å². The lowest BCUT2D eigenvalue weighted by molar-refractivity contribution is 0.0462. The van der Waals surface area contributed by atoms with Crippen LogP contribution in [0.25, 0.3) is 0 Å². The molecule has 8 heteroatoms. The van der Waals surface area contributed by atoms with Crippen LogP contribution in [0.1, 0.15) is 39.7 Å². The van der Waals surface area contributed by atoms with Crippen LogP contribution >= 0.6 is 11.3 Å². The molecule has 2 N–H and O–H groups in total. The number of benzene rings is 2. The number of nitrogens with zero attached hydrogens (tertiary/aromatic N) is 1. The first-order chi connectivity index (χ1) is 15.4. The number of piperidine rings is 1. The molecule has 1 saturated heterocycles. The monoisotopic (exact) mass is 470 g/mol. The van der Waals surface area contributed by atoms with Gasteiger partial charge >= 0.3 is 0 Å². The third-order valence-corrected chi connectivity index (χ3v) is 8.10. The Labute approximate surface area is 192 Å². The summed E-state index contributed by atoms with van der Waals surface area (Å²) in [6.45, 7) is 1.28. The van der Waals surface area contributed by atoms with E-state index in [1.54, 1.807) is 17.0 Å². The largest absolute Gasteiger partial charge is 0.388 e. The molecule has 0 radical (unpaired) electrons. The van der Waals surface area contributed by atoms with Crippen molar-refractivity contribution < 1.29 is 18.3 Å². The van der Waals surface area contributed by atoms with Gasteiger partial charge in [0.1, 0.15) is 0 Å². The lowest BCUT2D eigenvalue weighted by Gasteiger charge is -2.34. The fourth-order valence-corrected chi connectivity index (χ4v) is 5.77. The number of sulfonamides is 1. The molecule has 0 spiro atoms. The Morgan fingerprint density at radius 2 is 1.81 bits per heavy atom. The second kappa shape index (κ2) is 9.95. The van der Waals surface area contributed by atoms with Crippen LogP contribution in [0.3, 0.4) is 0 Å². The molecule has 168 valence electrons. The van der Waals surface area contributed by atoms with Gasteiger partial charge in [0.15, 0.2) is 0 Å². The molecule has 2 heterocycles. The van der Waals surface area contributed by atoms with Crippen LogP contribution in [0, 0.1) is 5.92 Å². The number of nitrogens with one attached hydrogen (secondary N) is 1. The zero-order valence-electron chi connectivity index (χ0n) is 17.6. The van der Waals surface area contributed by atoms with E-state index in [0.29, 0.717) is 31.5 Å². The second-order valence-electron chi connectivity index (χ2n) is 7.92. The van der Waals surface area contributed by atoms with E-state index in [-0.39, 0.29) is 23.3 Å². The molecule has 1 aliphatic rings. The number of thiophene rings is 1. The number of amides is 1. The number of likely N-dealkylation sites (tertiary alicyclic amines) is 1. The van der Waals surface area contributed by atoms with Gasteiger partial charge in [-0.1, -0.05) is 42.5 Å². The first-order valence-electron chi connectivity index (χ1n) is 10.6. The summed E-state index contributed by atoms with van der Waals surface area (Å²) in [6.07, 6.45) is 0.848. The van der Waals surface area contributed by atoms with Crippen LogP contribution in [-0.4, -0.2) is 37.4 Å². The van der Waals surface area contributed by atoms with Crippen molar-refractivity contribution in [1.82, 2.24) is 9.62 Å². The third-order valence-electron chi connectivity index (χ3n) is 5.82. The fourth-order valence-electron chi connectivity index (χ4n) is 3.98. The van der Waals surface area contributed by atoms with Gasteiger partial charge in [0.2, 0.25) is 10.0 Å². The topological polar surface area (TPSA) is 86.7 Å². The van der Waals surface area contributed by atoms with Crippen molar-refractivity contribution in [2.24, 2.45) is 5.92 Å². The molecule has 3 aromatic rings. The third kappa shape index (κ3) is 5.27. The molecule has 1 amide bonds. The van der Waals surface area contributed by atoms with E-state index in [1.807, 2.05) is 47.8 Å². The molecule has 4 rings (SSSR count). The number of hydrogen-bond acceptors (Lipinski definition) is 5. The Bertz CT molecular complexity index is 1140. The maximum Gasteiger partial charge on any atom is 0.253 e. The van der Waals surface area contributed by atoms with Crippen molar-refractivity contribution >= 4 is 27.3 Å². The maximum atomic E-state index is 13.0. The second-order valence-corrected chi connectivity index (χ2v) is 10.7. The van der Waals surface area contributed by atoms with Crippen molar-refractivity contribution in [3.63, 3.8) is 0 Å². The number of aliphatic hydroxyl groups is 1. The minimum Gasteiger partial charge on any atom is -0.388 e. The molecule has 1 fully saturated rings. The average molecular weight is 471 g/mol. The molecular weight excluding hydrogens is 444 g/mol. The molecular formula is C24H26N2O4S2. The van der Waals surface area contributed by atoms with Crippen LogP contribution in [0.2, 0.25) is 0 Å². The molecule has 1 unspecified atom stereocenters. The first kappa shape index (κ1) is 22.7. The number of rotatable bonds is 7. The Morgan fingerprint density at radius 1 is 1.06 bits per heavy atom. The van der Waals surface area contributed by atoms with Crippen molar-refractivity contribution in [3.8, 4) is 0 Å². The molecule has 1 atom stereocenters. The summed E-state index contributed by atoms with van der Waals surface area (Å²) >= 11 is 1.48. The van der Waals surface area contributed by atoms with Crippen LogP contribution in [0.4, 0.5) is 0 Å². The summed E-state index contributed by atoms with van der Waals surface area (Å²) in [6, 6.07) is 19.5. The summed E-state index contributed by atoms with van der Waals surface area (Å²) in [5, 5.41) is 12.5. The Balaban J connectivity index is 1.39. The van der Waals surface area contributed by atoms with Gasteiger partial charge in [0, 0.05) is 30.1 Å². The first-order valence-corrected chi connectivity index (χ1v) is 12.9. The van der Waals surface area contributed by atoms with Crippen LogP contribution in [0.5, 0.6) is 0 Å². The molecule has 1 aromatic heterocycles. The highest BCUT2D eigenvalue weighted by atomic mass is 32.2. The molecule has 1 aliphatic heterocycles. The molecule has 0 bridgehead atoms. The SMILES string of the molecule is O=C(c1cccc(S(=O)(=O)NCc2cccs2)c1)N1CCC(C(O)c2ccccc2)CC1. The van der Waals surface area contributed by atoms with Crippen molar-refractivity contribution in [3.05, 3.63) is 88.1 Å². The summed E-state index contributed by atoms with van der Waals surface area (Å²) in [5.41, 5.74) is 1.25. The van der Waals surface area contributed by atoms with Gasteiger partial charge in [0.25, 0.3) is 5.91 Å². The lowest BCUT2D eigenvalue weighted by Crippen LogP contribution is -2.39. The van der Waals surface area contributed by atoms with Gasteiger partial charge in [-0.2, -0.15) is 0 Å². The van der Waals surface area contributed by atoms with Gasteiger partial charge < -0.3 is 10.0 Å². The quantitative estimate of drug-likeness (QED) is 0.550. The molecule has 0 aliphatic carbocycles. The van der Waals surface area contributed by atoms with E-state index in [9.17, 15) is 18.3 Å². The van der Waals surface area contributed by atoms with Crippen LogP contribution < -0.4 is 4.72 Å². The van der Waals surface area contributed by atoms with Crippen molar-refractivity contribution in [2.45, 2.75) is 30.4 Å². The highest BCUT2D eigenvalue weighted by molar-refractivity contribution is 7.89. The fraction of sp³-hybridized carbons (Fsp3) is 0.292. The Kier molecular flexibility index (Phi) is 7.05. The summed E-state index contributed by atoms with van der Waals surface area (Å²) < 4.78 is 27.9. The van der Waals surface area contributed by atoms with E-state index < -0.39 is 16.1 Å². The average Bonchev–Trinajstić information content (AvgIpc) is 3.37. The summed E-state index contributed by atoms with van der Waals surface area (Å²) in [5.74, 6) is -0.0948. The number of hydrogen-bond donors (Lipinski definition) is 2. The van der Waals surface area contributed by atoms with E-state index in [0.717, 1.165) is 10.4 Å². The van der Waals surface area contributed by atoms with Crippen LogP contribution in [-0.2, 0) is 16.6 Å². The lowest BCUT2D eigenvalue weighted by atomic mass is 9.87. The van der Waals surface area contributed by atoms with Gasteiger partial charge in [-0.3, -0.25) is 4.79 Å². The molecule has 32 heavy (non-hydrogen) atoms. The number of carbonyl (C=O) groups is 1. The van der Waals surface area contributed by atoms with Crippen molar-refractivity contribution in [1.29, 1.82) is 0 Å². The Morgan fingerprint density at radius 3 is 2.50 bits per heavy atom. The highest BCUT2D eigenvalue weighted by Gasteiger charge is 2.29. The van der Waals surface area contributed by atoms with Gasteiger partial charge in [-0.25, -0.2) is 13.1 Å². The minimum atomic E-state index is -3.72. The zero-order chi connectivity index (χ0) is 22.6. The van der Waals surface area contributed by atoms with Gasteiger partial charge in [0.05, 0.1) is 11.0 Å². The van der Waals surface area contributed by atoms with E-state index in [1.165, 1.54) is 23.5 Å². The van der Waals surface area contributed by atoms with E-state index >= 15 is 0 Å². The number of aliphatic hydroxyl groups excluding tert-OH is 1. The smallest absolute Gasteiger partial charge is 0.253 e. The summed E-state index contributed by atoms with van der Waals surface area (Å²) in [4.78, 5) is 15.8. The zero-order valence-corrected chi connectivity index (χ0v) is 19.2. The van der Waals surface area contributed by atoms with E-state index in [4.69, 9.17) is 0 Å². The van der Waals surface area contributed by atoms with Gasteiger partial charge in [-0.15, -0.1) is 11.3 Å². The van der Waals surface area contributed by atoms with Gasteiger partial charge in [-0.05, 0) is 54.0 Å².